The Balaban J connectivity index is 1.78. The summed E-state index contributed by atoms with van der Waals surface area (Å²) < 4.78 is 5.43. The Morgan fingerprint density at radius 3 is 2.48 bits per heavy atom. The van der Waals surface area contributed by atoms with Gasteiger partial charge in [0.2, 0.25) is 0 Å². The van der Waals surface area contributed by atoms with Gasteiger partial charge in [0.15, 0.2) is 0 Å². The number of aromatic nitrogens is 1. The maximum Gasteiger partial charge on any atom is 0.278 e. The molecule has 2 amide bonds. The summed E-state index contributed by atoms with van der Waals surface area (Å²) in [6.07, 6.45) is 1.63. The summed E-state index contributed by atoms with van der Waals surface area (Å²) in [5, 5.41) is 3.69. The Kier molecular flexibility index (Phi) is 5.73. The number of rotatable bonds is 6. The van der Waals surface area contributed by atoms with E-state index in [-0.39, 0.29) is 17.8 Å². The normalized spacial score (nSPS) is 13.7. The molecule has 156 valence electrons. The molecule has 1 aliphatic rings. The van der Waals surface area contributed by atoms with Crippen LogP contribution in [0.5, 0.6) is 5.75 Å². The predicted molar refractivity (Wildman–Crippen MR) is 120 cm³/mol. The molecule has 4 rings (SSSR count). The monoisotopic (exact) mass is 433 g/mol. The third-order valence-electron chi connectivity index (χ3n) is 4.96. The van der Waals surface area contributed by atoms with Crippen molar-refractivity contribution in [1.29, 1.82) is 0 Å². The van der Waals surface area contributed by atoms with Crippen LogP contribution in [0.25, 0.3) is 5.57 Å². The molecule has 0 spiro atoms. The van der Waals surface area contributed by atoms with Crippen molar-refractivity contribution in [3.63, 3.8) is 0 Å². The van der Waals surface area contributed by atoms with Crippen LogP contribution in [-0.4, -0.2) is 28.8 Å². The second-order valence-electron chi connectivity index (χ2n) is 7.10. The van der Waals surface area contributed by atoms with Gasteiger partial charge in [-0.2, -0.15) is 0 Å². The standard InChI is InChI=1S/C24H20ClN3O3/c1-15-6-11-20(31-2)19(13-15)27-22-21(16-7-9-17(25)10-8-16)23(29)28(24(22)30)14-18-5-3-4-12-26-18/h3-13,27H,14H2,1-2H3. The van der Waals surface area contributed by atoms with E-state index < -0.39 is 11.8 Å². The highest BCUT2D eigenvalue weighted by Crippen LogP contribution is 2.34. The summed E-state index contributed by atoms with van der Waals surface area (Å²) in [6.45, 7) is 2.01. The molecule has 0 aliphatic carbocycles. The largest absolute Gasteiger partial charge is 0.495 e. The first-order chi connectivity index (χ1) is 15.0. The van der Waals surface area contributed by atoms with Gasteiger partial charge in [0.1, 0.15) is 11.4 Å². The van der Waals surface area contributed by atoms with Crippen LogP contribution in [0.2, 0.25) is 5.02 Å². The van der Waals surface area contributed by atoms with E-state index >= 15 is 0 Å². The topological polar surface area (TPSA) is 71.5 Å². The van der Waals surface area contributed by atoms with E-state index in [0.717, 1.165) is 5.56 Å². The lowest BCUT2D eigenvalue weighted by atomic mass is 10.0. The number of nitrogens with one attached hydrogen (secondary N) is 1. The Hall–Kier alpha value is -3.64. The van der Waals surface area contributed by atoms with Crippen molar-refractivity contribution in [2.45, 2.75) is 13.5 Å². The van der Waals surface area contributed by atoms with Crippen LogP contribution in [0.3, 0.4) is 0 Å². The third-order valence-corrected chi connectivity index (χ3v) is 5.21. The minimum atomic E-state index is -0.427. The van der Waals surface area contributed by atoms with Gasteiger partial charge in [-0.05, 0) is 54.4 Å². The van der Waals surface area contributed by atoms with E-state index in [4.69, 9.17) is 16.3 Å². The first kappa shape index (κ1) is 20.6. The van der Waals surface area contributed by atoms with Crippen molar-refractivity contribution in [3.8, 4) is 5.75 Å². The summed E-state index contributed by atoms with van der Waals surface area (Å²) in [5.74, 6) is -0.256. The van der Waals surface area contributed by atoms with Crippen molar-refractivity contribution < 1.29 is 14.3 Å². The number of amides is 2. The second-order valence-corrected chi connectivity index (χ2v) is 7.54. The highest BCUT2D eigenvalue weighted by molar-refractivity contribution is 6.36. The Morgan fingerprint density at radius 1 is 1.03 bits per heavy atom. The minimum absolute atomic E-state index is 0.0751. The number of methoxy groups -OCH3 is 1. The van der Waals surface area contributed by atoms with Crippen LogP contribution in [0.4, 0.5) is 5.69 Å². The van der Waals surface area contributed by atoms with E-state index in [9.17, 15) is 9.59 Å². The Bertz CT molecular complexity index is 1170. The molecule has 31 heavy (non-hydrogen) atoms. The van der Waals surface area contributed by atoms with E-state index in [1.807, 2.05) is 31.2 Å². The summed E-state index contributed by atoms with van der Waals surface area (Å²) in [7, 11) is 1.55. The van der Waals surface area contributed by atoms with Gasteiger partial charge in [-0.25, -0.2) is 0 Å². The highest BCUT2D eigenvalue weighted by Gasteiger charge is 2.39. The molecule has 0 atom stereocenters. The van der Waals surface area contributed by atoms with Gasteiger partial charge in [0.25, 0.3) is 11.8 Å². The van der Waals surface area contributed by atoms with Gasteiger partial charge >= 0.3 is 0 Å². The molecule has 0 saturated carbocycles. The molecule has 1 aliphatic heterocycles. The number of pyridine rings is 1. The molecule has 3 aromatic rings. The van der Waals surface area contributed by atoms with Gasteiger partial charge in [0, 0.05) is 11.2 Å². The molecule has 7 heteroatoms. The Labute approximate surface area is 185 Å². The van der Waals surface area contributed by atoms with Crippen LogP contribution in [0, 0.1) is 6.92 Å². The third kappa shape index (κ3) is 4.15. The van der Waals surface area contributed by atoms with E-state index in [1.54, 1.807) is 49.7 Å². The molecule has 2 heterocycles. The van der Waals surface area contributed by atoms with Crippen LogP contribution in [-0.2, 0) is 16.1 Å². The lowest BCUT2D eigenvalue weighted by Gasteiger charge is -2.15. The van der Waals surface area contributed by atoms with Crippen LogP contribution in [0.1, 0.15) is 16.8 Å². The van der Waals surface area contributed by atoms with Crippen molar-refractivity contribution in [3.05, 3.63) is 94.4 Å². The highest BCUT2D eigenvalue weighted by atomic mass is 35.5. The number of ether oxygens (including phenoxy) is 1. The number of nitrogens with zero attached hydrogens (tertiary/aromatic N) is 2. The molecule has 0 radical (unpaired) electrons. The van der Waals surface area contributed by atoms with Gasteiger partial charge in [-0.3, -0.25) is 19.5 Å². The average Bonchev–Trinajstić information content (AvgIpc) is 3.00. The van der Waals surface area contributed by atoms with Gasteiger partial charge in [-0.15, -0.1) is 0 Å². The number of hydrogen-bond donors (Lipinski definition) is 1. The molecule has 0 unspecified atom stereocenters. The van der Waals surface area contributed by atoms with Crippen LogP contribution >= 0.6 is 11.6 Å². The first-order valence-electron chi connectivity index (χ1n) is 9.66. The van der Waals surface area contributed by atoms with Crippen LogP contribution < -0.4 is 10.1 Å². The van der Waals surface area contributed by atoms with E-state index in [2.05, 4.69) is 10.3 Å². The maximum absolute atomic E-state index is 13.3. The quantitative estimate of drug-likeness (QED) is 0.582. The number of carbonyl (C=O) groups excluding carboxylic acids is 2. The molecule has 0 bridgehead atoms. The SMILES string of the molecule is COc1ccc(C)cc1NC1=C(c2ccc(Cl)cc2)C(=O)N(Cc2ccccn2)C1=O. The van der Waals surface area contributed by atoms with Gasteiger partial charge < -0.3 is 10.1 Å². The molecule has 2 aromatic carbocycles. The average molecular weight is 434 g/mol. The number of halogens is 1. The molecular formula is C24H20ClN3O3. The molecule has 0 saturated heterocycles. The van der Waals surface area contributed by atoms with Crippen molar-refractivity contribution >= 4 is 34.7 Å². The number of imide groups is 1. The summed E-state index contributed by atoms with van der Waals surface area (Å²) in [6, 6.07) is 17.8. The number of carbonyl (C=O) groups is 2. The summed E-state index contributed by atoms with van der Waals surface area (Å²) in [4.78, 5) is 32.1. The van der Waals surface area contributed by atoms with E-state index in [0.29, 0.717) is 27.7 Å². The smallest absolute Gasteiger partial charge is 0.278 e. The lowest BCUT2D eigenvalue weighted by molar-refractivity contribution is -0.137. The zero-order valence-corrected chi connectivity index (χ0v) is 17.8. The first-order valence-corrected chi connectivity index (χ1v) is 10.0. The van der Waals surface area contributed by atoms with Crippen molar-refractivity contribution in [2.24, 2.45) is 0 Å². The maximum atomic E-state index is 13.3. The summed E-state index contributed by atoms with van der Waals surface area (Å²) in [5.41, 5.74) is 3.27. The number of hydrogen-bond acceptors (Lipinski definition) is 5. The zero-order valence-electron chi connectivity index (χ0n) is 17.1. The molecule has 1 aromatic heterocycles. The van der Waals surface area contributed by atoms with Gasteiger partial charge in [0.05, 0.1) is 30.6 Å². The molecule has 1 N–H and O–H groups in total. The lowest BCUT2D eigenvalue weighted by Crippen LogP contribution is -2.32. The van der Waals surface area contributed by atoms with Crippen molar-refractivity contribution in [1.82, 2.24) is 9.88 Å². The van der Waals surface area contributed by atoms with Crippen molar-refractivity contribution in [2.75, 3.05) is 12.4 Å². The Morgan fingerprint density at radius 2 is 1.81 bits per heavy atom. The fourth-order valence-corrected chi connectivity index (χ4v) is 3.55. The second kappa shape index (κ2) is 8.62. The predicted octanol–water partition coefficient (Wildman–Crippen LogP) is 4.44. The zero-order chi connectivity index (χ0) is 22.0. The molecule has 0 fully saturated rings. The fraction of sp³-hybridized carbons (Fsp3) is 0.125. The van der Waals surface area contributed by atoms with Crippen LogP contribution in [0.15, 0.2) is 72.6 Å². The number of benzene rings is 2. The number of aryl methyl sites for hydroxylation is 1. The minimum Gasteiger partial charge on any atom is -0.495 e. The molecular weight excluding hydrogens is 414 g/mol. The van der Waals surface area contributed by atoms with Gasteiger partial charge in [-0.1, -0.05) is 35.9 Å². The van der Waals surface area contributed by atoms with E-state index in [1.165, 1.54) is 4.90 Å². The summed E-state index contributed by atoms with van der Waals surface area (Å²) >= 11 is 6.02. The fourth-order valence-electron chi connectivity index (χ4n) is 3.43. The number of anilines is 1. The molecule has 6 nitrogen and oxygen atoms in total.